The summed E-state index contributed by atoms with van der Waals surface area (Å²) in [5.41, 5.74) is 0.950. The summed E-state index contributed by atoms with van der Waals surface area (Å²) in [5, 5.41) is 5.73. The van der Waals surface area contributed by atoms with Crippen LogP contribution in [0.2, 0.25) is 0 Å². The Morgan fingerprint density at radius 3 is 2.90 bits per heavy atom. The molecule has 4 heteroatoms. The molecule has 0 aromatic heterocycles. The second-order valence-corrected chi connectivity index (χ2v) is 5.06. The molecule has 1 aromatic rings. The Kier molecular flexibility index (Phi) is 6.11. The van der Waals surface area contributed by atoms with Crippen LogP contribution in [0.25, 0.3) is 0 Å². The zero-order chi connectivity index (χ0) is 14.9. The van der Waals surface area contributed by atoms with E-state index in [2.05, 4.69) is 29.4 Å². The molecule has 0 aliphatic carbocycles. The number of nitrogens with one attached hydrogen (secondary N) is 2. The minimum Gasteiger partial charge on any atom is -0.376 e. The summed E-state index contributed by atoms with van der Waals surface area (Å²) in [6.07, 6.45) is 3.11. The lowest BCUT2D eigenvalue weighted by Gasteiger charge is -2.22. The van der Waals surface area contributed by atoms with Gasteiger partial charge in [-0.1, -0.05) is 37.0 Å². The second-order valence-electron chi connectivity index (χ2n) is 5.06. The standard InChI is InChI=1S/C17H22N2O2/c1-2-15(16-11-7-13-21-16)19-17(20)18-12-6-10-14-8-4-3-5-9-14/h3-5,8-9,15-16H,2,7,11-13H2,1H3,(H2,18,19,20). The number of amides is 2. The van der Waals surface area contributed by atoms with Gasteiger partial charge in [-0.2, -0.15) is 0 Å². The molecule has 1 aliphatic rings. The fraction of sp³-hybridized carbons (Fsp3) is 0.471. The first-order valence-corrected chi connectivity index (χ1v) is 7.49. The zero-order valence-corrected chi connectivity index (χ0v) is 12.4. The molecule has 1 fully saturated rings. The molecule has 1 aliphatic heterocycles. The highest BCUT2D eigenvalue weighted by molar-refractivity contribution is 5.74. The molecule has 4 nitrogen and oxygen atoms in total. The lowest BCUT2D eigenvalue weighted by molar-refractivity contribution is 0.0797. The van der Waals surface area contributed by atoms with Crippen molar-refractivity contribution in [2.24, 2.45) is 0 Å². The van der Waals surface area contributed by atoms with Crippen LogP contribution in [0.5, 0.6) is 0 Å². The van der Waals surface area contributed by atoms with Gasteiger partial charge in [0, 0.05) is 12.2 Å². The van der Waals surface area contributed by atoms with Crippen LogP contribution in [0.15, 0.2) is 30.3 Å². The molecule has 1 saturated heterocycles. The molecule has 0 saturated carbocycles. The molecule has 2 atom stereocenters. The van der Waals surface area contributed by atoms with Gasteiger partial charge in [-0.15, -0.1) is 0 Å². The van der Waals surface area contributed by atoms with Crippen molar-refractivity contribution in [2.75, 3.05) is 13.2 Å². The topological polar surface area (TPSA) is 50.4 Å². The molecule has 2 unspecified atom stereocenters. The second kappa shape index (κ2) is 8.33. The summed E-state index contributed by atoms with van der Waals surface area (Å²) < 4.78 is 5.62. The van der Waals surface area contributed by atoms with Crippen LogP contribution in [0.3, 0.4) is 0 Å². The van der Waals surface area contributed by atoms with Crippen molar-refractivity contribution in [1.29, 1.82) is 0 Å². The molecule has 112 valence electrons. The fourth-order valence-corrected chi connectivity index (χ4v) is 2.39. The third-order valence-electron chi connectivity index (χ3n) is 3.51. The molecule has 0 spiro atoms. The van der Waals surface area contributed by atoms with Gasteiger partial charge in [0.1, 0.15) is 0 Å². The van der Waals surface area contributed by atoms with E-state index in [0.717, 1.165) is 31.4 Å². The van der Waals surface area contributed by atoms with Crippen LogP contribution in [-0.4, -0.2) is 31.3 Å². The average Bonchev–Trinajstić information content (AvgIpc) is 3.04. The maximum Gasteiger partial charge on any atom is 0.315 e. The van der Waals surface area contributed by atoms with Crippen molar-refractivity contribution in [1.82, 2.24) is 10.6 Å². The maximum atomic E-state index is 11.8. The highest BCUT2D eigenvalue weighted by atomic mass is 16.5. The van der Waals surface area contributed by atoms with Crippen LogP contribution in [0, 0.1) is 11.8 Å². The molecule has 2 N–H and O–H groups in total. The molecule has 21 heavy (non-hydrogen) atoms. The summed E-state index contributed by atoms with van der Waals surface area (Å²) in [6, 6.07) is 9.62. The van der Waals surface area contributed by atoms with E-state index in [1.54, 1.807) is 0 Å². The van der Waals surface area contributed by atoms with E-state index in [9.17, 15) is 4.79 Å². The Morgan fingerprint density at radius 1 is 1.43 bits per heavy atom. The van der Waals surface area contributed by atoms with E-state index in [4.69, 9.17) is 4.74 Å². The zero-order valence-electron chi connectivity index (χ0n) is 12.4. The van der Waals surface area contributed by atoms with Gasteiger partial charge < -0.3 is 15.4 Å². The lowest BCUT2D eigenvalue weighted by Crippen LogP contribution is -2.47. The van der Waals surface area contributed by atoms with E-state index in [1.165, 1.54) is 0 Å². The van der Waals surface area contributed by atoms with E-state index >= 15 is 0 Å². The number of hydrogen-bond acceptors (Lipinski definition) is 2. The SMILES string of the molecule is CCC(NC(=O)NCC#Cc1ccccc1)C1CCCO1. The maximum absolute atomic E-state index is 11.8. The van der Waals surface area contributed by atoms with E-state index in [1.807, 2.05) is 30.3 Å². The Hall–Kier alpha value is -1.99. The van der Waals surface area contributed by atoms with Gasteiger partial charge in [-0.05, 0) is 31.4 Å². The first-order valence-electron chi connectivity index (χ1n) is 7.49. The molecular weight excluding hydrogens is 264 g/mol. The van der Waals surface area contributed by atoms with E-state index in [-0.39, 0.29) is 18.2 Å². The predicted molar refractivity (Wildman–Crippen MR) is 82.9 cm³/mol. The minimum atomic E-state index is -0.181. The third-order valence-corrected chi connectivity index (χ3v) is 3.51. The molecule has 1 heterocycles. The summed E-state index contributed by atoms with van der Waals surface area (Å²) in [4.78, 5) is 11.8. The highest BCUT2D eigenvalue weighted by Gasteiger charge is 2.25. The van der Waals surface area contributed by atoms with Crippen molar-refractivity contribution >= 4 is 6.03 Å². The molecule has 2 rings (SSSR count). The third kappa shape index (κ3) is 5.13. The van der Waals surface area contributed by atoms with Crippen molar-refractivity contribution in [3.63, 3.8) is 0 Å². The van der Waals surface area contributed by atoms with Gasteiger partial charge in [-0.25, -0.2) is 4.79 Å². The number of carbonyl (C=O) groups is 1. The number of hydrogen-bond donors (Lipinski definition) is 2. The Balaban J connectivity index is 1.73. The van der Waals surface area contributed by atoms with Gasteiger partial charge in [0.25, 0.3) is 0 Å². The normalized spacial score (nSPS) is 18.4. The van der Waals surface area contributed by atoms with E-state index in [0.29, 0.717) is 6.54 Å². The van der Waals surface area contributed by atoms with Crippen molar-refractivity contribution in [2.45, 2.75) is 38.3 Å². The summed E-state index contributed by atoms with van der Waals surface area (Å²) in [6.45, 7) is 3.19. The molecule has 2 amide bonds. The quantitative estimate of drug-likeness (QED) is 0.834. The Bertz CT molecular complexity index is 499. The summed E-state index contributed by atoms with van der Waals surface area (Å²) in [7, 11) is 0. The monoisotopic (exact) mass is 286 g/mol. The van der Waals surface area contributed by atoms with Gasteiger partial charge in [-0.3, -0.25) is 0 Å². The minimum absolute atomic E-state index is 0.0783. The first-order chi connectivity index (χ1) is 10.3. The van der Waals surface area contributed by atoms with Gasteiger partial charge >= 0.3 is 6.03 Å². The van der Waals surface area contributed by atoms with Crippen LogP contribution in [0.1, 0.15) is 31.7 Å². The van der Waals surface area contributed by atoms with Crippen molar-refractivity contribution in [3.05, 3.63) is 35.9 Å². The average molecular weight is 286 g/mol. The number of ether oxygens (including phenoxy) is 1. The van der Waals surface area contributed by atoms with Gasteiger partial charge in [0.05, 0.1) is 18.7 Å². The van der Waals surface area contributed by atoms with Crippen LogP contribution < -0.4 is 10.6 Å². The highest BCUT2D eigenvalue weighted by Crippen LogP contribution is 2.17. The number of urea groups is 1. The predicted octanol–water partition coefficient (Wildman–Crippen LogP) is 2.29. The van der Waals surface area contributed by atoms with Gasteiger partial charge in [0.15, 0.2) is 0 Å². The molecular formula is C17H22N2O2. The molecule has 0 bridgehead atoms. The smallest absolute Gasteiger partial charge is 0.315 e. The van der Waals surface area contributed by atoms with Gasteiger partial charge in [0.2, 0.25) is 0 Å². The molecule has 1 aromatic carbocycles. The van der Waals surface area contributed by atoms with Crippen molar-refractivity contribution in [3.8, 4) is 11.8 Å². The van der Waals surface area contributed by atoms with Crippen molar-refractivity contribution < 1.29 is 9.53 Å². The number of rotatable bonds is 4. The fourth-order valence-electron chi connectivity index (χ4n) is 2.39. The van der Waals surface area contributed by atoms with Crippen LogP contribution in [-0.2, 0) is 4.74 Å². The first kappa shape index (κ1) is 15.4. The number of carbonyl (C=O) groups excluding carboxylic acids is 1. The lowest BCUT2D eigenvalue weighted by atomic mass is 10.1. The van der Waals surface area contributed by atoms with Crippen LogP contribution >= 0.6 is 0 Å². The Labute approximate surface area is 126 Å². The van der Waals surface area contributed by atoms with E-state index < -0.39 is 0 Å². The molecule has 0 radical (unpaired) electrons. The van der Waals surface area contributed by atoms with Crippen LogP contribution in [0.4, 0.5) is 4.79 Å². The Morgan fingerprint density at radius 2 is 2.24 bits per heavy atom. The summed E-state index contributed by atoms with van der Waals surface area (Å²) in [5.74, 6) is 5.95. The summed E-state index contributed by atoms with van der Waals surface area (Å²) >= 11 is 0. The largest absolute Gasteiger partial charge is 0.376 e. The number of benzene rings is 1.